The van der Waals surface area contributed by atoms with E-state index in [-0.39, 0.29) is 11.3 Å². The second-order valence-corrected chi connectivity index (χ2v) is 6.43. The summed E-state index contributed by atoms with van der Waals surface area (Å²) in [4.78, 5) is 11.1. The third kappa shape index (κ3) is 0.724. The Labute approximate surface area is 90.1 Å². The van der Waals surface area contributed by atoms with Crippen molar-refractivity contribution in [2.75, 3.05) is 0 Å². The van der Waals surface area contributed by atoms with Crippen molar-refractivity contribution in [3.8, 4) is 0 Å². The zero-order chi connectivity index (χ0) is 10.4. The Morgan fingerprint density at radius 2 is 2.07 bits per heavy atom. The number of rotatable bonds is 1. The van der Waals surface area contributed by atoms with Gasteiger partial charge in [0, 0.05) is 0 Å². The van der Waals surface area contributed by atoms with Gasteiger partial charge in [-0.2, -0.15) is 0 Å². The Hall–Kier alpha value is -0.530. The summed E-state index contributed by atoms with van der Waals surface area (Å²) in [6, 6.07) is 0. The number of carboxylic acid groups (broad SMARTS) is 1. The van der Waals surface area contributed by atoms with Crippen LogP contribution < -0.4 is 0 Å². The molecular formula is C13H18O2. The van der Waals surface area contributed by atoms with Gasteiger partial charge in [-0.15, -0.1) is 0 Å². The van der Waals surface area contributed by atoms with Crippen molar-refractivity contribution >= 4 is 5.97 Å². The highest BCUT2D eigenvalue weighted by atomic mass is 16.4. The van der Waals surface area contributed by atoms with Crippen LogP contribution in [0.5, 0.6) is 0 Å². The van der Waals surface area contributed by atoms with Gasteiger partial charge in [0.25, 0.3) is 0 Å². The normalized spacial score (nSPS) is 64.1. The maximum Gasteiger partial charge on any atom is 0.307 e. The van der Waals surface area contributed by atoms with Crippen LogP contribution in [0.15, 0.2) is 0 Å². The Morgan fingerprint density at radius 3 is 2.73 bits per heavy atom. The van der Waals surface area contributed by atoms with E-state index in [1.54, 1.807) is 0 Å². The molecule has 15 heavy (non-hydrogen) atoms. The fourth-order valence-corrected chi connectivity index (χ4v) is 5.88. The van der Waals surface area contributed by atoms with E-state index in [1.807, 2.05) is 0 Å². The molecule has 4 fully saturated rings. The summed E-state index contributed by atoms with van der Waals surface area (Å²) >= 11 is 0. The van der Waals surface area contributed by atoms with Crippen molar-refractivity contribution in [2.24, 2.45) is 40.9 Å². The van der Waals surface area contributed by atoms with Crippen molar-refractivity contribution in [1.29, 1.82) is 0 Å². The summed E-state index contributed by atoms with van der Waals surface area (Å²) in [6.45, 7) is 2.32. The van der Waals surface area contributed by atoms with Gasteiger partial charge in [0.2, 0.25) is 0 Å². The minimum Gasteiger partial charge on any atom is -0.481 e. The number of carbonyl (C=O) groups is 1. The molecule has 82 valence electrons. The van der Waals surface area contributed by atoms with Gasteiger partial charge in [0.05, 0.1) is 5.92 Å². The SMILES string of the molecule is C[C@@H]1[C@H]2[C@@H]3CC[C@@H](C3)[C@@H]2[C@@]12C[C@@H]2C(=O)O. The number of hydrogen-bond donors (Lipinski definition) is 1. The smallest absolute Gasteiger partial charge is 0.307 e. The molecule has 0 aromatic heterocycles. The second-order valence-electron chi connectivity index (χ2n) is 6.43. The van der Waals surface area contributed by atoms with Gasteiger partial charge in [0.15, 0.2) is 0 Å². The number of carboxylic acids is 1. The van der Waals surface area contributed by atoms with Gasteiger partial charge in [0.1, 0.15) is 0 Å². The summed E-state index contributed by atoms with van der Waals surface area (Å²) < 4.78 is 0. The van der Waals surface area contributed by atoms with Crippen molar-refractivity contribution in [1.82, 2.24) is 0 Å². The van der Waals surface area contributed by atoms with Crippen LogP contribution in [0.25, 0.3) is 0 Å². The van der Waals surface area contributed by atoms with E-state index in [2.05, 4.69) is 6.92 Å². The van der Waals surface area contributed by atoms with Gasteiger partial charge in [-0.3, -0.25) is 4.79 Å². The lowest BCUT2D eigenvalue weighted by atomic mass is 9.49. The number of aliphatic carboxylic acids is 1. The minimum absolute atomic E-state index is 0.0214. The first kappa shape index (κ1) is 8.60. The summed E-state index contributed by atoms with van der Waals surface area (Å²) in [5.74, 6) is 3.80. The van der Waals surface area contributed by atoms with E-state index >= 15 is 0 Å². The van der Waals surface area contributed by atoms with Crippen LogP contribution in [0.2, 0.25) is 0 Å². The van der Waals surface area contributed by atoms with Crippen molar-refractivity contribution in [3.63, 3.8) is 0 Å². The molecule has 2 nitrogen and oxygen atoms in total. The molecule has 0 unspecified atom stereocenters. The molecule has 4 aliphatic carbocycles. The summed E-state index contributed by atoms with van der Waals surface area (Å²) in [7, 11) is 0. The van der Waals surface area contributed by atoms with E-state index in [0.717, 1.165) is 30.1 Å². The lowest BCUT2D eigenvalue weighted by Gasteiger charge is -2.55. The highest BCUT2D eigenvalue weighted by Gasteiger charge is 2.79. The third-order valence-electron chi connectivity index (χ3n) is 6.37. The molecular weight excluding hydrogens is 188 g/mol. The Bertz CT molecular complexity index is 350. The maximum absolute atomic E-state index is 11.1. The van der Waals surface area contributed by atoms with Crippen molar-refractivity contribution < 1.29 is 9.90 Å². The van der Waals surface area contributed by atoms with E-state index < -0.39 is 5.97 Å². The van der Waals surface area contributed by atoms with Crippen LogP contribution in [0, 0.1) is 40.9 Å². The second kappa shape index (κ2) is 2.26. The van der Waals surface area contributed by atoms with Gasteiger partial charge in [-0.25, -0.2) is 0 Å². The average molecular weight is 206 g/mol. The third-order valence-corrected chi connectivity index (χ3v) is 6.37. The molecule has 4 rings (SSSR count). The van der Waals surface area contributed by atoms with E-state index in [9.17, 15) is 4.79 Å². The summed E-state index contributed by atoms with van der Waals surface area (Å²) in [5, 5.41) is 9.16. The molecule has 0 heterocycles. The standard InChI is InChI=1S/C13H18O2/c1-6-10-7-2-3-8(4-7)11(10)13(6)5-9(13)12(14)15/h6-11H,2-5H2,1H3,(H,14,15)/t6-,7-,8+,9-,10+,11+,13+/m1/s1. The fraction of sp³-hybridized carbons (Fsp3) is 0.923. The van der Waals surface area contributed by atoms with Crippen molar-refractivity contribution in [2.45, 2.75) is 32.6 Å². The molecule has 0 aromatic carbocycles. The molecule has 2 heteroatoms. The minimum atomic E-state index is -0.525. The number of hydrogen-bond acceptors (Lipinski definition) is 1. The largest absolute Gasteiger partial charge is 0.481 e. The first-order chi connectivity index (χ1) is 7.16. The van der Waals surface area contributed by atoms with Gasteiger partial charge in [-0.05, 0) is 60.7 Å². The van der Waals surface area contributed by atoms with Crippen LogP contribution in [-0.2, 0) is 4.79 Å². The van der Waals surface area contributed by atoms with Crippen LogP contribution >= 0.6 is 0 Å². The molecule has 0 saturated heterocycles. The lowest BCUT2D eigenvalue weighted by Crippen LogP contribution is -2.52. The molecule has 4 saturated carbocycles. The summed E-state index contributed by atoms with van der Waals surface area (Å²) in [6.07, 6.45) is 5.25. The molecule has 0 aliphatic heterocycles. The van der Waals surface area contributed by atoms with Gasteiger partial charge in [-0.1, -0.05) is 6.92 Å². The van der Waals surface area contributed by atoms with E-state index in [1.165, 1.54) is 19.3 Å². The Morgan fingerprint density at radius 1 is 1.33 bits per heavy atom. The molecule has 1 N–H and O–H groups in total. The molecule has 0 radical (unpaired) electrons. The van der Waals surface area contributed by atoms with Crippen LogP contribution in [0.4, 0.5) is 0 Å². The predicted octanol–water partition coefficient (Wildman–Crippen LogP) is 2.39. The van der Waals surface area contributed by atoms with Gasteiger partial charge < -0.3 is 5.11 Å². The summed E-state index contributed by atoms with van der Waals surface area (Å²) in [5.41, 5.74) is 0.274. The van der Waals surface area contributed by atoms with Crippen LogP contribution in [0.1, 0.15) is 32.6 Å². The average Bonchev–Trinajstić information content (AvgIpc) is 2.75. The topological polar surface area (TPSA) is 37.3 Å². The molecule has 2 bridgehead atoms. The zero-order valence-corrected chi connectivity index (χ0v) is 9.15. The van der Waals surface area contributed by atoms with E-state index in [0.29, 0.717) is 5.92 Å². The number of fused-ring (bicyclic) bond motifs is 6. The Kier molecular flexibility index (Phi) is 1.29. The highest BCUT2D eigenvalue weighted by molar-refractivity contribution is 5.75. The van der Waals surface area contributed by atoms with E-state index in [4.69, 9.17) is 5.11 Å². The van der Waals surface area contributed by atoms with Crippen LogP contribution in [0.3, 0.4) is 0 Å². The zero-order valence-electron chi connectivity index (χ0n) is 9.15. The quantitative estimate of drug-likeness (QED) is 0.715. The van der Waals surface area contributed by atoms with Crippen LogP contribution in [-0.4, -0.2) is 11.1 Å². The maximum atomic E-state index is 11.1. The monoisotopic (exact) mass is 206 g/mol. The molecule has 0 amide bonds. The molecule has 7 atom stereocenters. The molecule has 0 aromatic rings. The fourth-order valence-electron chi connectivity index (χ4n) is 5.88. The first-order valence-corrected chi connectivity index (χ1v) is 6.39. The Balaban J connectivity index is 1.67. The van der Waals surface area contributed by atoms with Gasteiger partial charge >= 0.3 is 5.97 Å². The highest BCUT2D eigenvalue weighted by Crippen LogP contribution is 2.82. The first-order valence-electron chi connectivity index (χ1n) is 6.39. The lowest BCUT2D eigenvalue weighted by molar-refractivity contribution is -0.146. The predicted molar refractivity (Wildman–Crippen MR) is 55.2 cm³/mol. The van der Waals surface area contributed by atoms with Crippen molar-refractivity contribution in [3.05, 3.63) is 0 Å². The molecule has 1 spiro atoms. The molecule has 4 aliphatic rings.